The number of halogens is 2. The number of ether oxygens (including phenoxy) is 3. The number of aromatic nitrogens is 2. The van der Waals surface area contributed by atoms with Crippen LogP contribution >= 0.6 is 0 Å². The first-order valence-electron chi connectivity index (χ1n) is 8.27. The van der Waals surface area contributed by atoms with Crippen molar-refractivity contribution in [2.24, 2.45) is 0 Å². The second-order valence-electron chi connectivity index (χ2n) is 5.68. The van der Waals surface area contributed by atoms with Gasteiger partial charge in [-0.1, -0.05) is 6.07 Å². The molecular formula is C20H16F2N2O4. The SMILES string of the molecule is COC(=O)c1ccc(O[C@H](C)c2ccc(Oc3ccccn3)cn2)c(F)c1F. The molecule has 1 atom stereocenters. The van der Waals surface area contributed by atoms with Gasteiger partial charge in [-0.2, -0.15) is 4.39 Å². The fraction of sp³-hybridized carbons (Fsp3) is 0.150. The second-order valence-corrected chi connectivity index (χ2v) is 5.68. The van der Waals surface area contributed by atoms with Gasteiger partial charge in [-0.25, -0.2) is 14.2 Å². The van der Waals surface area contributed by atoms with Gasteiger partial charge in [0.05, 0.1) is 24.6 Å². The van der Waals surface area contributed by atoms with Crippen LogP contribution in [-0.2, 0) is 4.74 Å². The van der Waals surface area contributed by atoms with Gasteiger partial charge in [0.2, 0.25) is 11.7 Å². The molecule has 28 heavy (non-hydrogen) atoms. The number of hydrogen-bond donors (Lipinski definition) is 0. The summed E-state index contributed by atoms with van der Waals surface area (Å²) >= 11 is 0. The molecule has 0 unspecified atom stereocenters. The Labute approximate surface area is 159 Å². The van der Waals surface area contributed by atoms with E-state index >= 15 is 0 Å². The smallest absolute Gasteiger partial charge is 0.340 e. The fourth-order valence-corrected chi connectivity index (χ4v) is 2.36. The van der Waals surface area contributed by atoms with Crippen LogP contribution in [0.25, 0.3) is 0 Å². The Bertz CT molecular complexity index is 966. The number of pyridine rings is 2. The number of rotatable bonds is 6. The molecular weight excluding hydrogens is 370 g/mol. The highest BCUT2D eigenvalue weighted by atomic mass is 19.2. The van der Waals surface area contributed by atoms with Crippen molar-refractivity contribution < 1.29 is 27.8 Å². The summed E-state index contributed by atoms with van der Waals surface area (Å²) in [5.41, 5.74) is -0.0284. The molecule has 0 spiro atoms. The number of nitrogens with zero attached hydrogens (tertiary/aromatic N) is 2. The van der Waals surface area contributed by atoms with Crippen LogP contribution < -0.4 is 9.47 Å². The molecule has 8 heteroatoms. The van der Waals surface area contributed by atoms with E-state index in [0.29, 0.717) is 17.3 Å². The minimum atomic E-state index is -1.33. The van der Waals surface area contributed by atoms with E-state index < -0.39 is 29.3 Å². The predicted octanol–water partition coefficient (Wildman–Crippen LogP) is 4.47. The molecule has 6 nitrogen and oxygen atoms in total. The molecule has 0 N–H and O–H groups in total. The van der Waals surface area contributed by atoms with E-state index in [9.17, 15) is 13.6 Å². The number of carbonyl (C=O) groups excluding carboxylic acids is 1. The third-order valence-corrected chi connectivity index (χ3v) is 3.79. The van der Waals surface area contributed by atoms with Gasteiger partial charge in [0.1, 0.15) is 11.9 Å². The zero-order valence-electron chi connectivity index (χ0n) is 15.1. The maximum absolute atomic E-state index is 14.2. The van der Waals surface area contributed by atoms with Gasteiger partial charge in [-0.15, -0.1) is 0 Å². The van der Waals surface area contributed by atoms with Crippen molar-refractivity contribution >= 4 is 5.97 Å². The molecule has 0 aliphatic heterocycles. The summed E-state index contributed by atoms with van der Waals surface area (Å²) in [5.74, 6) is -3.03. The van der Waals surface area contributed by atoms with E-state index in [4.69, 9.17) is 9.47 Å². The van der Waals surface area contributed by atoms with Crippen LogP contribution in [0, 0.1) is 11.6 Å². The second kappa shape index (κ2) is 8.43. The summed E-state index contributed by atoms with van der Waals surface area (Å²) in [6, 6.07) is 10.8. The molecule has 144 valence electrons. The lowest BCUT2D eigenvalue weighted by atomic mass is 10.2. The van der Waals surface area contributed by atoms with Crippen LogP contribution in [0.1, 0.15) is 29.1 Å². The average molecular weight is 386 g/mol. The Balaban J connectivity index is 1.72. The molecule has 0 aliphatic rings. The lowest BCUT2D eigenvalue weighted by Gasteiger charge is -2.16. The summed E-state index contributed by atoms with van der Waals surface area (Å²) in [4.78, 5) is 19.7. The average Bonchev–Trinajstić information content (AvgIpc) is 2.72. The minimum absolute atomic E-state index is 0.340. The largest absolute Gasteiger partial charge is 0.481 e. The number of hydrogen-bond acceptors (Lipinski definition) is 6. The Hall–Kier alpha value is -3.55. The normalized spacial score (nSPS) is 11.6. The molecule has 0 aliphatic carbocycles. The van der Waals surface area contributed by atoms with Crippen LogP contribution in [-0.4, -0.2) is 23.0 Å². The molecule has 0 saturated carbocycles. The van der Waals surface area contributed by atoms with E-state index in [1.807, 2.05) is 0 Å². The lowest BCUT2D eigenvalue weighted by molar-refractivity contribution is 0.0594. The monoisotopic (exact) mass is 386 g/mol. The van der Waals surface area contributed by atoms with E-state index in [1.54, 1.807) is 43.5 Å². The van der Waals surface area contributed by atoms with E-state index in [2.05, 4.69) is 14.7 Å². The van der Waals surface area contributed by atoms with Gasteiger partial charge in [0.15, 0.2) is 11.6 Å². The summed E-state index contributed by atoms with van der Waals surface area (Å²) in [6.45, 7) is 1.63. The fourth-order valence-electron chi connectivity index (χ4n) is 2.36. The van der Waals surface area contributed by atoms with E-state index in [0.717, 1.165) is 13.2 Å². The standard InChI is InChI=1S/C20H16F2N2O4/c1-12(27-16-9-7-14(20(25)26-2)18(21)19(16)22)15-8-6-13(11-24-15)28-17-5-3-4-10-23-17/h3-12H,1-2H3/t12-/m1/s1. The van der Waals surface area contributed by atoms with Crippen molar-refractivity contribution in [3.05, 3.63) is 77.8 Å². The molecule has 0 amide bonds. The highest BCUT2D eigenvalue weighted by Gasteiger charge is 2.21. The van der Waals surface area contributed by atoms with Gasteiger partial charge in [-0.3, -0.25) is 4.98 Å². The van der Waals surface area contributed by atoms with Crippen molar-refractivity contribution in [3.8, 4) is 17.4 Å². The van der Waals surface area contributed by atoms with E-state index in [-0.39, 0.29) is 5.75 Å². The molecule has 3 aromatic rings. The molecule has 0 saturated heterocycles. The molecule has 0 bridgehead atoms. The molecule has 0 fully saturated rings. The maximum Gasteiger partial charge on any atom is 0.340 e. The summed E-state index contributed by atoms with van der Waals surface area (Å²) in [7, 11) is 1.08. The van der Waals surface area contributed by atoms with Gasteiger partial charge in [0, 0.05) is 12.3 Å². The van der Waals surface area contributed by atoms with Crippen molar-refractivity contribution in [1.82, 2.24) is 9.97 Å². The maximum atomic E-state index is 14.2. The van der Waals surface area contributed by atoms with Crippen molar-refractivity contribution in [3.63, 3.8) is 0 Å². The van der Waals surface area contributed by atoms with Crippen molar-refractivity contribution in [2.45, 2.75) is 13.0 Å². The summed E-state index contributed by atoms with van der Waals surface area (Å²) < 4.78 is 43.6. The first-order valence-corrected chi connectivity index (χ1v) is 8.27. The summed E-state index contributed by atoms with van der Waals surface area (Å²) in [6.07, 6.45) is 2.40. The lowest BCUT2D eigenvalue weighted by Crippen LogP contribution is -2.10. The third kappa shape index (κ3) is 4.22. The van der Waals surface area contributed by atoms with Crippen LogP contribution in [0.4, 0.5) is 8.78 Å². The summed E-state index contributed by atoms with van der Waals surface area (Å²) in [5, 5.41) is 0. The van der Waals surface area contributed by atoms with E-state index in [1.165, 1.54) is 12.3 Å². The first kappa shape index (κ1) is 19.2. The van der Waals surface area contributed by atoms with Crippen LogP contribution in [0.2, 0.25) is 0 Å². The quantitative estimate of drug-likeness (QED) is 0.582. The van der Waals surface area contributed by atoms with Crippen molar-refractivity contribution in [2.75, 3.05) is 7.11 Å². The third-order valence-electron chi connectivity index (χ3n) is 3.79. The topological polar surface area (TPSA) is 70.5 Å². The van der Waals surface area contributed by atoms with Gasteiger partial charge in [0.25, 0.3) is 0 Å². The minimum Gasteiger partial charge on any atom is -0.481 e. The first-order chi connectivity index (χ1) is 13.5. The predicted molar refractivity (Wildman–Crippen MR) is 95.3 cm³/mol. The Morgan fingerprint density at radius 2 is 1.86 bits per heavy atom. The number of methoxy groups -OCH3 is 1. The zero-order valence-corrected chi connectivity index (χ0v) is 15.1. The van der Waals surface area contributed by atoms with Crippen LogP contribution in [0.3, 0.4) is 0 Å². The Kier molecular flexibility index (Phi) is 5.78. The molecule has 1 aromatic carbocycles. The highest BCUT2D eigenvalue weighted by molar-refractivity contribution is 5.89. The van der Waals surface area contributed by atoms with Gasteiger partial charge >= 0.3 is 5.97 Å². The molecule has 3 rings (SSSR count). The molecule has 2 aromatic heterocycles. The van der Waals surface area contributed by atoms with Crippen molar-refractivity contribution in [1.29, 1.82) is 0 Å². The van der Waals surface area contributed by atoms with Crippen LogP contribution in [0.15, 0.2) is 54.9 Å². The Morgan fingerprint density at radius 3 is 2.50 bits per heavy atom. The number of benzene rings is 1. The number of esters is 1. The van der Waals surface area contributed by atoms with Crippen LogP contribution in [0.5, 0.6) is 17.4 Å². The van der Waals surface area contributed by atoms with Gasteiger partial charge < -0.3 is 14.2 Å². The zero-order chi connectivity index (χ0) is 20.1. The highest BCUT2D eigenvalue weighted by Crippen LogP contribution is 2.28. The van der Waals surface area contributed by atoms with Gasteiger partial charge in [-0.05, 0) is 37.3 Å². The Morgan fingerprint density at radius 1 is 1.04 bits per heavy atom. The number of carbonyl (C=O) groups is 1. The molecule has 0 radical (unpaired) electrons. The molecule has 2 heterocycles.